The highest BCUT2D eigenvalue weighted by Crippen LogP contribution is 2.37. The average Bonchev–Trinajstić information content (AvgIpc) is 3.20. The number of esters is 4. The zero-order chi connectivity index (χ0) is 30.3. The Balaban J connectivity index is 1.82. The molecule has 15 heteroatoms. The standard InChI is InChI=1S/C26H29NO14/c1-13(28)35-12-19-23(37-14(2)29)25(39-16(4)31)24(38-15(3)30)22(40-19)18-7-5-17(6-8-18)11-36-26(34)41-27-20(32)9-10-21(27)33/h5-8,19,22-25H,9-12H2,1-4H3/t19-,22+,23-,24+,25+/m1/s1. The van der Waals surface area contributed by atoms with Crippen molar-refractivity contribution in [3.63, 3.8) is 0 Å². The Morgan fingerprint density at radius 3 is 1.83 bits per heavy atom. The minimum Gasteiger partial charge on any atom is -0.463 e. The predicted molar refractivity (Wildman–Crippen MR) is 130 cm³/mol. The van der Waals surface area contributed by atoms with E-state index in [0.717, 1.165) is 20.8 Å². The number of imide groups is 1. The first-order chi connectivity index (χ1) is 19.3. The summed E-state index contributed by atoms with van der Waals surface area (Å²) in [6.45, 7) is 3.90. The number of amides is 2. The van der Waals surface area contributed by atoms with Gasteiger partial charge in [0.1, 0.15) is 25.4 Å². The van der Waals surface area contributed by atoms with E-state index >= 15 is 0 Å². The number of hydroxylamine groups is 2. The highest BCUT2D eigenvalue weighted by atomic mass is 16.8. The van der Waals surface area contributed by atoms with Gasteiger partial charge in [0.25, 0.3) is 11.8 Å². The molecule has 0 spiro atoms. The zero-order valence-corrected chi connectivity index (χ0v) is 22.7. The van der Waals surface area contributed by atoms with Crippen molar-refractivity contribution in [1.29, 1.82) is 0 Å². The van der Waals surface area contributed by atoms with Crippen LogP contribution in [0.1, 0.15) is 57.8 Å². The number of carbonyl (C=O) groups excluding carboxylic acids is 7. The Kier molecular flexibility index (Phi) is 10.4. The third-order valence-electron chi connectivity index (χ3n) is 5.83. The van der Waals surface area contributed by atoms with Crippen LogP contribution in [0, 0.1) is 0 Å². The van der Waals surface area contributed by atoms with Crippen LogP contribution in [0.4, 0.5) is 4.79 Å². The van der Waals surface area contributed by atoms with Gasteiger partial charge < -0.3 is 28.4 Å². The minimum atomic E-state index is -1.33. The van der Waals surface area contributed by atoms with Gasteiger partial charge in [-0.15, -0.1) is 0 Å². The van der Waals surface area contributed by atoms with E-state index in [1.807, 2.05) is 0 Å². The van der Waals surface area contributed by atoms with Crippen LogP contribution in [0.25, 0.3) is 0 Å². The fourth-order valence-electron chi connectivity index (χ4n) is 4.20. The third-order valence-corrected chi connectivity index (χ3v) is 5.83. The molecule has 2 fully saturated rings. The number of nitrogens with zero attached hydrogens (tertiary/aromatic N) is 1. The molecule has 2 aliphatic heterocycles. The van der Waals surface area contributed by atoms with Crippen molar-refractivity contribution in [2.45, 2.75) is 77.7 Å². The van der Waals surface area contributed by atoms with E-state index in [4.69, 9.17) is 28.4 Å². The summed E-state index contributed by atoms with van der Waals surface area (Å²) in [6, 6.07) is 6.20. The van der Waals surface area contributed by atoms with Crippen LogP contribution < -0.4 is 0 Å². The molecule has 222 valence electrons. The Morgan fingerprint density at radius 1 is 0.756 bits per heavy atom. The minimum absolute atomic E-state index is 0.0627. The molecule has 2 saturated heterocycles. The highest BCUT2D eigenvalue weighted by molar-refractivity contribution is 6.01. The number of rotatable bonds is 9. The van der Waals surface area contributed by atoms with Gasteiger partial charge in [-0.05, 0) is 11.1 Å². The molecular formula is C26H29NO14. The second-order valence-electron chi connectivity index (χ2n) is 9.07. The molecule has 41 heavy (non-hydrogen) atoms. The van der Waals surface area contributed by atoms with Crippen molar-refractivity contribution in [2.24, 2.45) is 0 Å². The summed E-state index contributed by atoms with van der Waals surface area (Å²) in [7, 11) is 0. The molecule has 0 unspecified atom stereocenters. The lowest BCUT2D eigenvalue weighted by Gasteiger charge is -2.44. The van der Waals surface area contributed by atoms with Crippen molar-refractivity contribution in [3.05, 3.63) is 35.4 Å². The predicted octanol–water partition coefficient (Wildman–Crippen LogP) is 1.20. The highest BCUT2D eigenvalue weighted by Gasteiger charge is 2.52. The monoisotopic (exact) mass is 579 g/mol. The van der Waals surface area contributed by atoms with Crippen LogP contribution >= 0.6 is 0 Å². The van der Waals surface area contributed by atoms with Gasteiger partial charge in [-0.2, -0.15) is 0 Å². The summed E-state index contributed by atoms with van der Waals surface area (Å²) >= 11 is 0. The van der Waals surface area contributed by atoms with E-state index in [9.17, 15) is 33.6 Å². The first kappa shape index (κ1) is 31.0. The van der Waals surface area contributed by atoms with Crippen LogP contribution in [0.15, 0.2) is 24.3 Å². The summed E-state index contributed by atoms with van der Waals surface area (Å²) in [5, 5.41) is 0.357. The summed E-state index contributed by atoms with van der Waals surface area (Å²) in [5.41, 5.74) is 0.887. The Morgan fingerprint density at radius 2 is 1.29 bits per heavy atom. The Hall–Kier alpha value is -4.53. The smallest absolute Gasteiger partial charge is 0.463 e. The van der Waals surface area contributed by atoms with Crippen molar-refractivity contribution in [3.8, 4) is 0 Å². The van der Waals surface area contributed by atoms with E-state index in [1.54, 1.807) is 24.3 Å². The number of carbonyl (C=O) groups is 7. The number of hydrogen-bond acceptors (Lipinski definition) is 14. The molecule has 2 aliphatic rings. The van der Waals surface area contributed by atoms with Crippen molar-refractivity contribution in [1.82, 2.24) is 5.06 Å². The second-order valence-corrected chi connectivity index (χ2v) is 9.07. The Labute approximate surface area is 233 Å². The van der Waals surface area contributed by atoms with Crippen LogP contribution in [-0.4, -0.2) is 77.9 Å². The van der Waals surface area contributed by atoms with Crippen LogP contribution in [0.5, 0.6) is 0 Å². The molecule has 3 rings (SSSR count). The van der Waals surface area contributed by atoms with Gasteiger partial charge in [0.05, 0.1) is 0 Å². The van der Waals surface area contributed by atoms with Gasteiger partial charge in [0.15, 0.2) is 18.3 Å². The van der Waals surface area contributed by atoms with Gasteiger partial charge in [0.2, 0.25) is 0 Å². The van der Waals surface area contributed by atoms with Gasteiger partial charge in [-0.1, -0.05) is 29.3 Å². The summed E-state index contributed by atoms with van der Waals surface area (Å²) in [4.78, 5) is 87.1. The number of ether oxygens (including phenoxy) is 6. The summed E-state index contributed by atoms with van der Waals surface area (Å²) in [5.74, 6) is -4.18. The molecule has 0 radical (unpaired) electrons. The second kappa shape index (κ2) is 13.7. The maximum Gasteiger partial charge on any atom is 0.534 e. The first-order valence-electron chi connectivity index (χ1n) is 12.5. The lowest BCUT2D eigenvalue weighted by atomic mass is 9.90. The normalized spacial score (nSPS) is 23.8. The van der Waals surface area contributed by atoms with E-state index in [1.165, 1.54) is 6.92 Å². The molecule has 0 saturated carbocycles. The molecule has 0 aromatic heterocycles. The van der Waals surface area contributed by atoms with Gasteiger partial charge in [0, 0.05) is 40.5 Å². The van der Waals surface area contributed by atoms with Crippen molar-refractivity contribution < 1.29 is 66.8 Å². The zero-order valence-electron chi connectivity index (χ0n) is 22.7. The molecule has 5 atom stereocenters. The molecule has 0 aliphatic carbocycles. The molecule has 2 amide bonds. The lowest BCUT2D eigenvalue weighted by Crippen LogP contribution is -2.59. The summed E-state index contributed by atoms with van der Waals surface area (Å²) in [6.07, 6.45) is -7.46. The number of benzene rings is 1. The topological polar surface area (TPSA) is 187 Å². The van der Waals surface area contributed by atoms with Gasteiger partial charge >= 0.3 is 30.0 Å². The van der Waals surface area contributed by atoms with Crippen molar-refractivity contribution >= 4 is 41.8 Å². The molecule has 1 aromatic carbocycles. The average molecular weight is 580 g/mol. The third kappa shape index (κ3) is 8.48. The molecular weight excluding hydrogens is 550 g/mol. The Bertz CT molecular complexity index is 1180. The van der Waals surface area contributed by atoms with E-state index in [2.05, 4.69) is 4.84 Å². The lowest BCUT2D eigenvalue weighted by molar-refractivity contribution is -0.254. The molecule has 2 heterocycles. The fraction of sp³-hybridized carbons (Fsp3) is 0.500. The quantitative estimate of drug-likeness (QED) is 0.231. The first-order valence-corrected chi connectivity index (χ1v) is 12.5. The summed E-state index contributed by atoms with van der Waals surface area (Å²) < 4.78 is 32.4. The molecule has 0 bridgehead atoms. The van der Waals surface area contributed by atoms with Crippen LogP contribution in [0.2, 0.25) is 0 Å². The van der Waals surface area contributed by atoms with Gasteiger partial charge in [-0.25, -0.2) is 4.79 Å². The van der Waals surface area contributed by atoms with Crippen LogP contribution in [0.3, 0.4) is 0 Å². The van der Waals surface area contributed by atoms with E-state index < -0.39 is 72.4 Å². The van der Waals surface area contributed by atoms with Crippen molar-refractivity contribution in [2.75, 3.05) is 6.61 Å². The van der Waals surface area contributed by atoms with Crippen LogP contribution in [-0.2, 0) is 68.6 Å². The fourth-order valence-corrected chi connectivity index (χ4v) is 4.20. The number of hydrogen-bond donors (Lipinski definition) is 0. The maximum atomic E-state index is 12.0. The van der Waals surface area contributed by atoms with E-state index in [-0.39, 0.29) is 26.1 Å². The maximum absolute atomic E-state index is 12.0. The SMILES string of the molecule is CC(=O)OC[C@H]1O[C@@H](c2ccc(COC(=O)ON3C(=O)CCC3=O)cc2)[C@H](OC(C)=O)[C@@H](OC(C)=O)[C@@H]1OC(C)=O. The molecule has 15 nitrogen and oxygen atoms in total. The molecule has 1 aromatic rings. The largest absolute Gasteiger partial charge is 0.534 e. The van der Waals surface area contributed by atoms with Gasteiger partial charge in [-0.3, -0.25) is 33.6 Å². The van der Waals surface area contributed by atoms with E-state index in [0.29, 0.717) is 16.2 Å². The molecule has 0 N–H and O–H groups in total.